The van der Waals surface area contributed by atoms with Crippen molar-refractivity contribution in [3.8, 4) is 0 Å². The lowest BCUT2D eigenvalue weighted by atomic mass is 10.1. The van der Waals surface area contributed by atoms with Gasteiger partial charge >= 0.3 is 0 Å². The van der Waals surface area contributed by atoms with Crippen LogP contribution in [0, 0.1) is 5.82 Å². The average molecular weight is 542 g/mol. The Morgan fingerprint density at radius 2 is 1.81 bits per heavy atom. The van der Waals surface area contributed by atoms with Crippen LogP contribution >= 0.6 is 0 Å². The van der Waals surface area contributed by atoms with Crippen molar-refractivity contribution >= 4 is 37.1 Å². The van der Waals surface area contributed by atoms with Crippen LogP contribution in [0.3, 0.4) is 0 Å². The predicted octanol–water partition coefficient (Wildman–Crippen LogP) is 3.86. The molecule has 8 nitrogen and oxygen atoms in total. The summed E-state index contributed by atoms with van der Waals surface area (Å²) in [5.41, 5.74) is 1.77. The highest BCUT2D eigenvalue weighted by atomic mass is 32.1. The Bertz CT molecular complexity index is 924. The molecule has 2 N–H and O–H groups in total. The molecule has 204 valence electrons. The Morgan fingerprint density at radius 1 is 1.16 bits per heavy atom. The molecule has 0 aliphatic carbocycles. The van der Waals surface area contributed by atoms with E-state index in [1.807, 2.05) is 44.3 Å². The number of hydrogen-bond donors (Lipinski definition) is 2. The molecule has 0 aromatic heterocycles. The molecule has 2 aromatic rings. The zero-order valence-electron chi connectivity index (χ0n) is 21.0. The van der Waals surface area contributed by atoms with E-state index in [9.17, 15) is 18.0 Å². The number of para-hydroxylation sites is 1. The third kappa shape index (κ3) is 16.2. The second-order valence-electron chi connectivity index (χ2n) is 7.40. The molecule has 0 unspecified atom stereocenters. The summed E-state index contributed by atoms with van der Waals surface area (Å²) in [6, 6.07) is 14.3. The second kappa shape index (κ2) is 22.0. The topological polar surface area (TPSA) is 95.4 Å². The van der Waals surface area contributed by atoms with Crippen LogP contribution in [-0.4, -0.2) is 74.3 Å². The number of anilines is 1. The minimum Gasteiger partial charge on any atom is -0.470 e. The van der Waals surface area contributed by atoms with E-state index in [4.69, 9.17) is 8.95 Å². The van der Waals surface area contributed by atoms with Crippen LogP contribution in [0.25, 0.3) is 0 Å². The zero-order valence-corrected chi connectivity index (χ0v) is 21.9. The van der Waals surface area contributed by atoms with Gasteiger partial charge in [0.2, 0.25) is 5.90 Å². The van der Waals surface area contributed by atoms with Crippen LogP contribution < -0.4 is 10.6 Å². The molecule has 0 spiro atoms. The molecule has 2 aromatic carbocycles. The minimum absolute atomic E-state index is 0.195. The fourth-order valence-electron chi connectivity index (χ4n) is 2.75. The van der Waals surface area contributed by atoms with Gasteiger partial charge < -0.3 is 25.1 Å². The first-order chi connectivity index (χ1) is 17.9. The highest BCUT2D eigenvalue weighted by molar-refractivity contribution is 7.44. The molecule has 12 heteroatoms. The van der Waals surface area contributed by atoms with E-state index in [2.05, 4.69) is 45.0 Å². The highest BCUT2D eigenvalue weighted by Crippen LogP contribution is 2.13. The van der Waals surface area contributed by atoms with E-state index < -0.39 is 18.8 Å². The Morgan fingerprint density at radius 3 is 2.38 bits per heavy atom. The first-order valence-corrected chi connectivity index (χ1v) is 11.8. The van der Waals surface area contributed by atoms with Crippen molar-refractivity contribution < 1.29 is 26.9 Å². The standard InChI is InChI=1S/C22H28F3N5O.C3H6O.OS/c1-26-29-22(31-16-21(24)25)17-8-9-18(20(23)14-17)15-27-10-12-30(2)13-11-28-19-6-4-3-5-7-19;1-2-3-4;1-2/h3-9,14,21,27-28H,1,10-13,15-16H2,2H3;3H,2H2,1H3;/b29-22-;;. The van der Waals surface area contributed by atoms with Crippen LogP contribution in [0.2, 0.25) is 0 Å². The fourth-order valence-corrected chi connectivity index (χ4v) is 2.75. The maximum absolute atomic E-state index is 14.4. The van der Waals surface area contributed by atoms with E-state index in [0.29, 0.717) is 25.1 Å². The number of hydrogen-bond acceptors (Lipinski definition) is 9. The molecular formula is C25H34F3N5O3S. The third-order valence-corrected chi connectivity index (χ3v) is 4.56. The third-order valence-electron chi connectivity index (χ3n) is 4.56. The number of halogens is 3. The molecule has 0 bridgehead atoms. The number of carbonyl (C=O) groups is 1. The zero-order chi connectivity index (χ0) is 27.9. The summed E-state index contributed by atoms with van der Waals surface area (Å²) in [6.07, 6.45) is -1.16. The summed E-state index contributed by atoms with van der Waals surface area (Å²) in [5, 5.41) is 13.4. The van der Waals surface area contributed by atoms with Crippen molar-refractivity contribution in [1.29, 1.82) is 0 Å². The largest absolute Gasteiger partial charge is 0.470 e. The van der Waals surface area contributed by atoms with E-state index in [1.54, 1.807) is 12.1 Å². The van der Waals surface area contributed by atoms with Gasteiger partial charge in [-0.1, -0.05) is 31.2 Å². The lowest BCUT2D eigenvalue weighted by Crippen LogP contribution is -2.32. The molecule has 0 aliphatic rings. The van der Waals surface area contributed by atoms with Crippen molar-refractivity contribution in [2.75, 3.05) is 45.2 Å². The second-order valence-corrected chi connectivity index (χ2v) is 7.40. The van der Waals surface area contributed by atoms with Crippen molar-refractivity contribution in [3.05, 3.63) is 65.5 Å². The quantitative estimate of drug-likeness (QED) is 0.123. The molecule has 0 amide bonds. The molecule has 37 heavy (non-hydrogen) atoms. The summed E-state index contributed by atoms with van der Waals surface area (Å²) < 4.78 is 51.8. The van der Waals surface area contributed by atoms with Gasteiger partial charge in [0.25, 0.3) is 6.43 Å². The highest BCUT2D eigenvalue weighted by Gasteiger charge is 2.12. The summed E-state index contributed by atoms with van der Waals surface area (Å²) in [6.45, 7) is 7.67. The smallest absolute Gasteiger partial charge is 0.272 e. The number of benzene rings is 2. The molecule has 0 fully saturated rings. The Hall–Kier alpha value is -3.22. The van der Waals surface area contributed by atoms with E-state index in [-0.39, 0.29) is 11.5 Å². The van der Waals surface area contributed by atoms with E-state index in [0.717, 1.165) is 31.6 Å². The summed E-state index contributed by atoms with van der Waals surface area (Å²) in [5.74, 6) is -0.678. The Balaban J connectivity index is 0.00000196. The maximum atomic E-state index is 14.4. The summed E-state index contributed by atoms with van der Waals surface area (Å²) in [7, 11) is 2.03. The van der Waals surface area contributed by atoms with Gasteiger partial charge in [-0.05, 0) is 31.3 Å². The predicted molar refractivity (Wildman–Crippen MR) is 143 cm³/mol. The average Bonchev–Trinajstić information content (AvgIpc) is 2.91. The first kappa shape index (κ1) is 33.8. The molecular weight excluding hydrogens is 507 g/mol. The number of alkyl halides is 2. The van der Waals surface area contributed by atoms with E-state index >= 15 is 0 Å². The van der Waals surface area contributed by atoms with Gasteiger partial charge in [-0.25, -0.2) is 13.2 Å². The SMILES string of the molecule is C=N/N=C(\OCC(F)F)c1ccc(CNCCN(C)CCNc2ccccc2)c(F)c1.CCC=O.O=S. The molecule has 0 atom stereocenters. The van der Waals surface area contributed by atoms with E-state index in [1.165, 1.54) is 6.07 Å². The van der Waals surface area contributed by atoms with Crippen molar-refractivity contribution in [2.24, 2.45) is 10.2 Å². The minimum atomic E-state index is -2.67. The number of aldehydes is 1. The van der Waals surface area contributed by atoms with Crippen molar-refractivity contribution in [1.82, 2.24) is 10.2 Å². The van der Waals surface area contributed by atoms with Crippen LogP contribution in [0.1, 0.15) is 24.5 Å². The molecule has 0 radical (unpaired) electrons. The normalized spacial score (nSPS) is 10.6. The molecule has 0 aliphatic heterocycles. The van der Waals surface area contributed by atoms with Gasteiger partial charge in [-0.2, -0.15) is 9.31 Å². The molecule has 2 rings (SSSR count). The first-order valence-electron chi connectivity index (χ1n) is 11.4. The monoisotopic (exact) mass is 541 g/mol. The lowest BCUT2D eigenvalue weighted by molar-refractivity contribution is -0.107. The van der Waals surface area contributed by atoms with Crippen LogP contribution in [0.4, 0.5) is 18.9 Å². The van der Waals surface area contributed by atoms with Crippen molar-refractivity contribution in [3.63, 3.8) is 0 Å². The molecule has 0 saturated heterocycles. The van der Waals surface area contributed by atoms with Crippen LogP contribution in [-0.2, 0) is 28.6 Å². The van der Waals surface area contributed by atoms with Gasteiger partial charge in [0.05, 0.1) is 0 Å². The van der Waals surface area contributed by atoms with Crippen LogP contribution in [0.15, 0.2) is 58.7 Å². The lowest BCUT2D eigenvalue weighted by Gasteiger charge is -2.18. The summed E-state index contributed by atoms with van der Waals surface area (Å²) >= 11 is 2.83. The summed E-state index contributed by atoms with van der Waals surface area (Å²) in [4.78, 5) is 11.3. The molecule has 0 heterocycles. The number of carbonyl (C=O) groups excluding carboxylic acids is 1. The Kier molecular flexibility index (Phi) is 20.1. The number of likely N-dealkylation sites (N-methyl/N-ethyl adjacent to an activating group) is 1. The van der Waals surface area contributed by atoms with Crippen LogP contribution in [0.5, 0.6) is 0 Å². The molecule has 0 saturated carbocycles. The maximum Gasteiger partial charge on any atom is 0.272 e. The van der Waals surface area contributed by atoms with Gasteiger partial charge in [0.15, 0.2) is 19.1 Å². The number of ether oxygens (including phenoxy) is 1. The van der Waals surface area contributed by atoms with Gasteiger partial charge in [-0.15, -0.1) is 5.10 Å². The van der Waals surface area contributed by atoms with Gasteiger partial charge in [-0.3, -0.25) is 0 Å². The Labute approximate surface area is 221 Å². The number of nitrogens with one attached hydrogen (secondary N) is 2. The van der Waals surface area contributed by atoms with Gasteiger partial charge in [0, 0.05) is 62.7 Å². The fraction of sp³-hybridized carbons (Fsp3) is 0.400. The van der Waals surface area contributed by atoms with Crippen molar-refractivity contribution in [2.45, 2.75) is 26.3 Å². The van der Waals surface area contributed by atoms with Gasteiger partial charge in [0.1, 0.15) is 12.1 Å². The number of rotatable bonds is 14. The number of nitrogens with zero attached hydrogens (tertiary/aromatic N) is 3.